The molecule has 37 heavy (non-hydrogen) atoms. The molecule has 1 fully saturated rings. The number of halogens is 1. The Kier molecular flexibility index (Phi) is 9.22. The molecule has 0 atom stereocenters. The van der Waals surface area contributed by atoms with Gasteiger partial charge in [-0.1, -0.05) is 34.1 Å². The van der Waals surface area contributed by atoms with Crippen molar-refractivity contribution in [1.29, 1.82) is 0 Å². The topological polar surface area (TPSA) is 77.6 Å². The number of hydrogen-bond donors (Lipinski definition) is 2. The Morgan fingerprint density at radius 3 is 2.70 bits per heavy atom. The molecule has 2 aromatic carbocycles. The molecule has 0 saturated carbocycles. The molecule has 7 nitrogen and oxygen atoms in total. The number of aryl methyl sites for hydroxylation is 1. The number of likely N-dealkylation sites (N-methyl/N-ethyl adjacent to an activating group) is 1. The Balaban J connectivity index is 1.38. The normalized spacial score (nSPS) is 14.9. The van der Waals surface area contributed by atoms with Gasteiger partial charge in [0, 0.05) is 59.5 Å². The fraction of sp³-hybridized carbons (Fsp3) is 0.276. The van der Waals surface area contributed by atoms with E-state index in [1.165, 1.54) is 11.6 Å². The number of anilines is 2. The van der Waals surface area contributed by atoms with Crippen LogP contribution >= 0.6 is 15.9 Å². The van der Waals surface area contributed by atoms with Crippen LogP contribution in [0.25, 0.3) is 6.08 Å². The van der Waals surface area contributed by atoms with Crippen LogP contribution in [0.4, 0.5) is 11.4 Å². The van der Waals surface area contributed by atoms with E-state index in [4.69, 9.17) is 0 Å². The highest BCUT2D eigenvalue weighted by Gasteiger charge is 2.15. The van der Waals surface area contributed by atoms with Gasteiger partial charge in [-0.25, -0.2) is 0 Å². The first kappa shape index (κ1) is 26.7. The van der Waals surface area contributed by atoms with Crippen LogP contribution in [-0.4, -0.2) is 59.8 Å². The third-order valence-electron chi connectivity index (χ3n) is 6.39. The predicted octanol–water partition coefficient (Wildman–Crippen LogP) is 5.19. The fourth-order valence-corrected chi connectivity index (χ4v) is 4.68. The van der Waals surface area contributed by atoms with Gasteiger partial charge in [-0.3, -0.25) is 19.5 Å². The number of amides is 2. The Labute approximate surface area is 226 Å². The third kappa shape index (κ3) is 7.82. The number of nitrogens with zero attached hydrogens (tertiary/aromatic N) is 3. The van der Waals surface area contributed by atoms with Gasteiger partial charge in [-0.15, -0.1) is 0 Å². The Hall–Kier alpha value is -3.33. The minimum absolute atomic E-state index is 0.207. The summed E-state index contributed by atoms with van der Waals surface area (Å²) in [6.07, 6.45) is 7.70. The molecule has 4 rings (SSSR count). The van der Waals surface area contributed by atoms with E-state index in [9.17, 15) is 9.59 Å². The van der Waals surface area contributed by atoms with E-state index in [1.54, 1.807) is 24.5 Å². The van der Waals surface area contributed by atoms with E-state index >= 15 is 0 Å². The highest BCUT2D eigenvalue weighted by molar-refractivity contribution is 9.10. The standard InChI is InChI=1S/C29H32BrN5O2/c1-21-6-10-25(18-27(21)33-28(36)11-7-22-5-3-12-31-19-22)32-29(37)23-8-9-24(26(30)17-23)20-35-14-4-13-34(2)15-16-35/h3,5-12,17-19H,4,13-16,20H2,1-2H3,(H,32,37)(H,33,36). The number of benzene rings is 2. The van der Waals surface area contributed by atoms with Crippen LogP contribution < -0.4 is 10.6 Å². The van der Waals surface area contributed by atoms with Crippen LogP contribution in [0.15, 0.2) is 71.5 Å². The Bertz CT molecular complexity index is 1280. The van der Waals surface area contributed by atoms with Gasteiger partial charge in [0.2, 0.25) is 5.91 Å². The molecule has 3 aromatic rings. The van der Waals surface area contributed by atoms with Gasteiger partial charge >= 0.3 is 0 Å². The molecule has 2 heterocycles. The lowest BCUT2D eigenvalue weighted by Crippen LogP contribution is -2.28. The lowest BCUT2D eigenvalue weighted by molar-refractivity contribution is -0.111. The summed E-state index contributed by atoms with van der Waals surface area (Å²) < 4.78 is 0.926. The number of pyridine rings is 1. The van der Waals surface area contributed by atoms with Crippen LogP contribution in [-0.2, 0) is 11.3 Å². The summed E-state index contributed by atoms with van der Waals surface area (Å²) in [6.45, 7) is 7.07. The highest BCUT2D eigenvalue weighted by Crippen LogP contribution is 2.24. The van der Waals surface area contributed by atoms with Gasteiger partial charge in [0.15, 0.2) is 0 Å². The number of nitrogens with one attached hydrogen (secondary N) is 2. The number of rotatable bonds is 7. The summed E-state index contributed by atoms with van der Waals surface area (Å²) in [5, 5.41) is 5.83. The van der Waals surface area contributed by atoms with Gasteiger partial charge in [-0.05, 0) is 86.6 Å². The zero-order valence-corrected chi connectivity index (χ0v) is 22.8. The number of aromatic nitrogens is 1. The molecule has 192 valence electrons. The SMILES string of the molecule is Cc1ccc(NC(=O)c2ccc(CN3CCCN(C)CC3)c(Br)c2)cc1NC(=O)C=Cc1cccnc1. The third-order valence-corrected chi connectivity index (χ3v) is 7.12. The van der Waals surface area contributed by atoms with E-state index < -0.39 is 0 Å². The van der Waals surface area contributed by atoms with Gasteiger partial charge in [0.25, 0.3) is 5.91 Å². The minimum Gasteiger partial charge on any atom is -0.322 e. The summed E-state index contributed by atoms with van der Waals surface area (Å²) in [5.74, 6) is -0.466. The zero-order chi connectivity index (χ0) is 26.2. The van der Waals surface area contributed by atoms with Crippen molar-refractivity contribution in [2.45, 2.75) is 19.9 Å². The van der Waals surface area contributed by atoms with Crippen molar-refractivity contribution in [1.82, 2.24) is 14.8 Å². The zero-order valence-electron chi connectivity index (χ0n) is 21.2. The summed E-state index contributed by atoms with van der Waals surface area (Å²) in [6, 6.07) is 14.9. The van der Waals surface area contributed by atoms with Crippen LogP contribution in [0.1, 0.15) is 33.5 Å². The quantitative estimate of drug-likeness (QED) is 0.388. The fourth-order valence-electron chi connectivity index (χ4n) is 4.17. The summed E-state index contributed by atoms with van der Waals surface area (Å²) in [5.41, 5.74) is 4.71. The largest absolute Gasteiger partial charge is 0.322 e. The number of carbonyl (C=O) groups is 2. The molecule has 1 aliphatic heterocycles. The Morgan fingerprint density at radius 2 is 1.92 bits per heavy atom. The highest BCUT2D eigenvalue weighted by atomic mass is 79.9. The second kappa shape index (κ2) is 12.8. The minimum atomic E-state index is -0.258. The van der Waals surface area contributed by atoms with Crippen LogP contribution in [0.2, 0.25) is 0 Å². The lowest BCUT2D eigenvalue weighted by atomic mass is 10.1. The average molecular weight is 563 g/mol. The predicted molar refractivity (Wildman–Crippen MR) is 153 cm³/mol. The molecule has 0 aliphatic carbocycles. The molecule has 0 spiro atoms. The van der Waals surface area contributed by atoms with Gasteiger partial charge in [0.05, 0.1) is 0 Å². The smallest absolute Gasteiger partial charge is 0.255 e. The molecule has 8 heteroatoms. The van der Waals surface area contributed by atoms with Gasteiger partial charge in [0.1, 0.15) is 0 Å². The maximum absolute atomic E-state index is 13.0. The monoisotopic (exact) mass is 561 g/mol. The maximum Gasteiger partial charge on any atom is 0.255 e. The van der Waals surface area contributed by atoms with Crippen molar-refractivity contribution < 1.29 is 9.59 Å². The first-order chi connectivity index (χ1) is 17.9. The van der Waals surface area contributed by atoms with Crippen molar-refractivity contribution in [3.63, 3.8) is 0 Å². The van der Waals surface area contributed by atoms with Crippen molar-refractivity contribution in [3.8, 4) is 0 Å². The van der Waals surface area contributed by atoms with Crippen LogP contribution in [0.3, 0.4) is 0 Å². The second-order valence-corrected chi connectivity index (χ2v) is 10.2. The lowest BCUT2D eigenvalue weighted by Gasteiger charge is -2.21. The van der Waals surface area contributed by atoms with Crippen molar-refractivity contribution in [2.24, 2.45) is 0 Å². The van der Waals surface area contributed by atoms with Crippen LogP contribution in [0, 0.1) is 6.92 Å². The van der Waals surface area contributed by atoms with E-state index in [0.717, 1.165) is 54.7 Å². The number of carbonyl (C=O) groups excluding carboxylic acids is 2. The van der Waals surface area contributed by atoms with Crippen molar-refractivity contribution in [3.05, 3.63) is 93.7 Å². The molecule has 0 radical (unpaired) electrons. The molecule has 1 saturated heterocycles. The summed E-state index contributed by atoms with van der Waals surface area (Å²) in [4.78, 5) is 34.3. The van der Waals surface area contributed by atoms with E-state index in [-0.39, 0.29) is 11.8 Å². The summed E-state index contributed by atoms with van der Waals surface area (Å²) >= 11 is 3.66. The summed E-state index contributed by atoms with van der Waals surface area (Å²) in [7, 11) is 2.17. The van der Waals surface area contributed by atoms with Crippen molar-refractivity contribution in [2.75, 3.05) is 43.9 Å². The molecule has 0 unspecified atom stereocenters. The van der Waals surface area contributed by atoms with Crippen LogP contribution in [0.5, 0.6) is 0 Å². The molecule has 2 N–H and O–H groups in total. The van der Waals surface area contributed by atoms with E-state index in [0.29, 0.717) is 16.9 Å². The molecule has 1 aromatic heterocycles. The molecule has 1 aliphatic rings. The van der Waals surface area contributed by atoms with E-state index in [1.807, 2.05) is 49.4 Å². The van der Waals surface area contributed by atoms with E-state index in [2.05, 4.69) is 48.4 Å². The number of hydrogen-bond acceptors (Lipinski definition) is 5. The molecular weight excluding hydrogens is 530 g/mol. The first-order valence-corrected chi connectivity index (χ1v) is 13.2. The Morgan fingerprint density at radius 1 is 1.05 bits per heavy atom. The maximum atomic E-state index is 13.0. The average Bonchev–Trinajstić information content (AvgIpc) is 3.10. The molecule has 2 amide bonds. The van der Waals surface area contributed by atoms with Gasteiger partial charge in [-0.2, -0.15) is 0 Å². The molecule has 0 bridgehead atoms. The molecular formula is C29H32BrN5O2. The van der Waals surface area contributed by atoms with Crippen molar-refractivity contribution >= 4 is 45.2 Å². The first-order valence-electron chi connectivity index (χ1n) is 12.4. The second-order valence-electron chi connectivity index (χ2n) is 9.33. The van der Waals surface area contributed by atoms with Gasteiger partial charge < -0.3 is 15.5 Å².